The minimum Gasteiger partial charge on any atom is -0.468 e. The molecule has 0 aliphatic carbocycles. The summed E-state index contributed by atoms with van der Waals surface area (Å²) in [5.41, 5.74) is 6.64. The maximum atomic E-state index is 11.4. The van der Waals surface area contributed by atoms with Gasteiger partial charge in [0.2, 0.25) is 0 Å². The second-order valence-corrected chi connectivity index (χ2v) is 3.57. The van der Waals surface area contributed by atoms with Crippen LogP contribution in [-0.2, 0) is 9.53 Å². The Labute approximate surface area is 93.8 Å². The number of rotatable bonds is 2. The minimum atomic E-state index is -0.726. The van der Waals surface area contributed by atoms with Gasteiger partial charge in [-0.05, 0) is 16.3 Å². The van der Waals surface area contributed by atoms with E-state index in [0.29, 0.717) is 0 Å². The first kappa shape index (κ1) is 10.6. The molecule has 3 nitrogen and oxygen atoms in total. The van der Waals surface area contributed by atoms with Gasteiger partial charge in [-0.25, -0.2) is 0 Å². The zero-order chi connectivity index (χ0) is 11.5. The van der Waals surface area contributed by atoms with Crippen LogP contribution in [-0.4, -0.2) is 13.1 Å². The molecule has 3 heteroatoms. The van der Waals surface area contributed by atoms with Crippen LogP contribution in [0.2, 0.25) is 0 Å². The SMILES string of the molecule is COC(=O)C(N)c1cccc2ccccc12. The summed E-state index contributed by atoms with van der Waals surface area (Å²) >= 11 is 0. The van der Waals surface area contributed by atoms with E-state index in [2.05, 4.69) is 4.74 Å². The molecule has 0 spiro atoms. The lowest BCUT2D eigenvalue weighted by molar-refractivity contribution is -0.142. The molecule has 0 aromatic heterocycles. The smallest absolute Gasteiger partial charge is 0.327 e. The minimum absolute atomic E-state index is 0.420. The lowest BCUT2D eigenvalue weighted by Crippen LogP contribution is -2.22. The van der Waals surface area contributed by atoms with E-state index in [1.807, 2.05) is 42.5 Å². The molecule has 0 aliphatic rings. The Morgan fingerprint density at radius 2 is 1.88 bits per heavy atom. The highest BCUT2D eigenvalue weighted by Gasteiger charge is 2.17. The average molecular weight is 215 g/mol. The topological polar surface area (TPSA) is 52.3 Å². The average Bonchev–Trinajstić information content (AvgIpc) is 2.36. The van der Waals surface area contributed by atoms with E-state index in [1.165, 1.54) is 7.11 Å². The van der Waals surface area contributed by atoms with E-state index in [-0.39, 0.29) is 0 Å². The zero-order valence-corrected chi connectivity index (χ0v) is 9.01. The summed E-state index contributed by atoms with van der Waals surface area (Å²) in [6, 6.07) is 12.8. The van der Waals surface area contributed by atoms with Gasteiger partial charge in [0, 0.05) is 0 Å². The van der Waals surface area contributed by atoms with Crippen molar-refractivity contribution in [3.8, 4) is 0 Å². The molecule has 0 bridgehead atoms. The standard InChI is InChI=1S/C13H13NO2/c1-16-13(15)12(14)11-8-4-6-9-5-2-3-7-10(9)11/h2-8,12H,14H2,1H3. The molecule has 16 heavy (non-hydrogen) atoms. The third-order valence-electron chi connectivity index (χ3n) is 2.61. The number of hydrogen-bond acceptors (Lipinski definition) is 3. The summed E-state index contributed by atoms with van der Waals surface area (Å²) in [6.45, 7) is 0. The number of fused-ring (bicyclic) bond motifs is 1. The van der Waals surface area contributed by atoms with Crippen LogP contribution in [0.1, 0.15) is 11.6 Å². The number of ether oxygens (including phenoxy) is 1. The van der Waals surface area contributed by atoms with Gasteiger partial charge in [-0.15, -0.1) is 0 Å². The maximum absolute atomic E-state index is 11.4. The molecule has 0 saturated heterocycles. The van der Waals surface area contributed by atoms with Crippen molar-refractivity contribution in [1.29, 1.82) is 0 Å². The Balaban J connectivity index is 2.56. The molecule has 0 aliphatic heterocycles. The molecule has 1 atom stereocenters. The highest BCUT2D eigenvalue weighted by Crippen LogP contribution is 2.23. The van der Waals surface area contributed by atoms with Crippen LogP contribution < -0.4 is 5.73 Å². The fourth-order valence-corrected chi connectivity index (χ4v) is 1.78. The second kappa shape index (κ2) is 4.33. The van der Waals surface area contributed by atoms with Gasteiger partial charge in [-0.2, -0.15) is 0 Å². The van der Waals surface area contributed by atoms with Gasteiger partial charge in [0.1, 0.15) is 6.04 Å². The summed E-state index contributed by atoms with van der Waals surface area (Å²) in [4.78, 5) is 11.4. The van der Waals surface area contributed by atoms with Crippen LogP contribution in [0.25, 0.3) is 10.8 Å². The van der Waals surface area contributed by atoms with Crippen molar-refractivity contribution in [2.75, 3.05) is 7.11 Å². The monoisotopic (exact) mass is 215 g/mol. The van der Waals surface area contributed by atoms with Crippen LogP contribution in [0.15, 0.2) is 42.5 Å². The molecule has 0 saturated carbocycles. The number of hydrogen-bond donors (Lipinski definition) is 1. The van der Waals surface area contributed by atoms with Gasteiger partial charge in [-0.1, -0.05) is 42.5 Å². The van der Waals surface area contributed by atoms with Crippen molar-refractivity contribution in [3.63, 3.8) is 0 Å². The van der Waals surface area contributed by atoms with Crippen LogP contribution in [0.3, 0.4) is 0 Å². The van der Waals surface area contributed by atoms with Crippen molar-refractivity contribution in [2.24, 2.45) is 5.73 Å². The molecule has 1 unspecified atom stereocenters. The molecule has 0 amide bonds. The van der Waals surface area contributed by atoms with Crippen LogP contribution in [0.4, 0.5) is 0 Å². The Bertz CT molecular complexity index is 517. The molecule has 2 aromatic rings. The fourth-order valence-electron chi connectivity index (χ4n) is 1.78. The Kier molecular flexibility index (Phi) is 2.88. The first-order valence-electron chi connectivity index (χ1n) is 5.05. The maximum Gasteiger partial charge on any atom is 0.327 e. The number of esters is 1. The molecular formula is C13H13NO2. The number of benzene rings is 2. The third kappa shape index (κ3) is 1.77. The lowest BCUT2D eigenvalue weighted by Gasteiger charge is -2.12. The van der Waals surface area contributed by atoms with E-state index in [4.69, 9.17) is 5.73 Å². The van der Waals surface area contributed by atoms with E-state index in [9.17, 15) is 4.79 Å². The molecule has 0 radical (unpaired) electrons. The number of methoxy groups -OCH3 is 1. The number of carbonyl (C=O) groups excluding carboxylic acids is 1. The van der Waals surface area contributed by atoms with Crippen molar-refractivity contribution in [2.45, 2.75) is 6.04 Å². The molecule has 0 fully saturated rings. The number of carbonyl (C=O) groups is 1. The molecule has 2 aromatic carbocycles. The summed E-state index contributed by atoms with van der Waals surface area (Å²) in [7, 11) is 1.34. The summed E-state index contributed by atoms with van der Waals surface area (Å²) in [5, 5.41) is 2.06. The normalized spacial score (nSPS) is 12.4. The molecular weight excluding hydrogens is 202 g/mol. The predicted molar refractivity (Wildman–Crippen MR) is 62.9 cm³/mol. The number of nitrogens with two attached hydrogens (primary N) is 1. The fraction of sp³-hybridized carbons (Fsp3) is 0.154. The van der Waals surface area contributed by atoms with E-state index in [0.717, 1.165) is 16.3 Å². The first-order valence-corrected chi connectivity index (χ1v) is 5.05. The quantitative estimate of drug-likeness (QED) is 0.780. The largest absolute Gasteiger partial charge is 0.468 e. The van der Waals surface area contributed by atoms with Gasteiger partial charge in [0.05, 0.1) is 7.11 Å². The zero-order valence-electron chi connectivity index (χ0n) is 9.01. The molecule has 82 valence electrons. The van der Waals surface area contributed by atoms with Gasteiger partial charge < -0.3 is 10.5 Å². The Morgan fingerprint density at radius 1 is 1.19 bits per heavy atom. The predicted octanol–water partition coefficient (Wildman–Crippen LogP) is 2.01. The van der Waals surface area contributed by atoms with Gasteiger partial charge in [0.25, 0.3) is 0 Å². The van der Waals surface area contributed by atoms with Gasteiger partial charge in [0.15, 0.2) is 0 Å². The van der Waals surface area contributed by atoms with E-state index in [1.54, 1.807) is 0 Å². The van der Waals surface area contributed by atoms with E-state index >= 15 is 0 Å². The summed E-state index contributed by atoms with van der Waals surface area (Å²) < 4.78 is 4.65. The van der Waals surface area contributed by atoms with Gasteiger partial charge >= 0.3 is 5.97 Å². The van der Waals surface area contributed by atoms with E-state index < -0.39 is 12.0 Å². The molecule has 2 N–H and O–H groups in total. The van der Waals surface area contributed by atoms with Crippen molar-refractivity contribution in [1.82, 2.24) is 0 Å². The summed E-state index contributed by atoms with van der Waals surface area (Å²) in [5.74, 6) is -0.420. The second-order valence-electron chi connectivity index (χ2n) is 3.57. The lowest BCUT2D eigenvalue weighted by atomic mass is 9.99. The van der Waals surface area contributed by atoms with Gasteiger partial charge in [-0.3, -0.25) is 4.79 Å². The van der Waals surface area contributed by atoms with Crippen molar-refractivity contribution in [3.05, 3.63) is 48.0 Å². The van der Waals surface area contributed by atoms with Crippen LogP contribution in [0.5, 0.6) is 0 Å². The van der Waals surface area contributed by atoms with Crippen molar-refractivity contribution >= 4 is 16.7 Å². The Hall–Kier alpha value is -1.87. The molecule has 0 heterocycles. The third-order valence-corrected chi connectivity index (χ3v) is 2.61. The molecule has 2 rings (SSSR count). The summed E-state index contributed by atoms with van der Waals surface area (Å²) in [6.07, 6.45) is 0. The first-order chi connectivity index (χ1) is 7.74. The van der Waals surface area contributed by atoms with Crippen LogP contribution in [0, 0.1) is 0 Å². The van der Waals surface area contributed by atoms with Crippen LogP contribution >= 0.6 is 0 Å². The Morgan fingerprint density at radius 3 is 2.62 bits per heavy atom. The van der Waals surface area contributed by atoms with Crippen molar-refractivity contribution < 1.29 is 9.53 Å². The highest BCUT2D eigenvalue weighted by molar-refractivity contribution is 5.90. The highest BCUT2D eigenvalue weighted by atomic mass is 16.5.